The summed E-state index contributed by atoms with van der Waals surface area (Å²) in [5.41, 5.74) is 4.33. The Morgan fingerprint density at radius 1 is 1.19 bits per heavy atom. The predicted molar refractivity (Wildman–Crippen MR) is 107 cm³/mol. The van der Waals surface area contributed by atoms with E-state index in [9.17, 15) is 4.79 Å². The number of carbonyl (C=O) groups is 1. The van der Waals surface area contributed by atoms with Crippen molar-refractivity contribution in [2.45, 2.75) is 25.3 Å². The van der Waals surface area contributed by atoms with E-state index < -0.39 is 0 Å². The Bertz CT molecular complexity index is 885. The molecule has 2 N–H and O–H groups in total. The third kappa shape index (κ3) is 3.42. The quantitative estimate of drug-likeness (QED) is 0.582. The molecule has 1 heterocycles. The highest BCUT2D eigenvalue weighted by Crippen LogP contribution is 2.42. The van der Waals surface area contributed by atoms with Crippen LogP contribution in [-0.2, 0) is 9.53 Å². The number of ether oxygens (including phenoxy) is 2. The fourth-order valence-electron chi connectivity index (χ4n) is 3.72. The Kier molecular flexibility index (Phi) is 5.09. The summed E-state index contributed by atoms with van der Waals surface area (Å²) in [7, 11) is 1.68. The molecule has 6 heteroatoms. The second kappa shape index (κ2) is 7.66. The summed E-state index contributed by atoms with van der Waals surface area (Å²) in [5, 5.41) is 6.99. The zero-order chi connectivity index (χ0) is 18.8. The molecule has 1 aliphatic heterocycles. The smallest absolute Gasteiger partial charge is 0.193 e. The fourth-order valence-corrected chi connectivity index (χ4v) is 3.94. The Balaban J connectivity index is 1.64. The fraction of sp³-hybridized carbons (Fsp3) is 0.333. The van der Waals surface area contributed by atoms with Crippen LogP contribution in [0.25, 0.3) is 0 Å². The molecule has 1 aromatic rings. The number of benzene rings is 1. The van der Waals surface area contributed by atoms with Gasteiger partial charge in [0.15, 0.2) is 10.9 Å². The number of thiocarbonyl (C=S) groups is 1. The molecule has 0 saturated heterocycles. The summed E-state index contributed by atoms with van der Waals surface area (Å²) in [6, 6.07) is 7.55. The molecule has 1 unspecified atom stereocenters. The molecule has 0 aromatic heterocycles. The number of hydrogen-bond donors (Lipinski definition) is 2. The number of nitrogens with one attached hydrogen (secondary N) is 2. The van der Waals surface area contributed by atoms with Crippen LogP contribution in [0.2, 0.25) is 0 Å². The molecule has 2 aliphatic carbocycles. The predicted octanol–water partition coefficient (Wildman–Crippen LogP) is 3.10. The second-order valence-electron chi connectivity index (χ2n) is 6.73. The van der Waals surface area contributed by atoms with Gasteiger partial charge in [-0.1, -0.05) is 24.3 Å². The van der Waals surface area contributed by atoms with Gasteiger partial charge >= 0.3 is 0 Å². The third-order valence-electron chi connectivity index (χ3n) is 4.94. The molecule has 0 bridgehead atoms. The number of fused-ring (bicyclic) bond motifs is 2. The van der Waals surface area contributed by atoms with Crippen molar-refractivity contribution in [1.82, 2.24) is 10.6 Å². The maximum absolute atomic E-state index is 13.1. The van der Waals surface area contributed by atoms with Crippen LogP contribution < -0.4 is 15.4 Å². The summed E-state index contributed by atoms with van der Waals surface area (Å²) < 4.78 is 10.9. The summed E-state index contributed by atoms with van der Waals surface area (Å²) in [5.74, 6) is 0.855. The van der Waals surface area contributed by atoms with Gasteiger partial charge in [0.05, 0.1) is 23.9 Å². The maximum Gasteiger partial charge on any atom is 0.193 e. The normalized spacial score (nSPS) is 21.0. The van der Waals surface area contributed by atoms with Gasteiger partial charge in [0.1, 0.15) is 5.75 Å². The van der Waals surface area contributed by atoms with Crippen LogP contribution in [0.5, 0.6) is 5.75 Å². The molecule has 140 valence electrons. The van der Waals surface area contributed by atoms with Gasteiger partial charge in [0, 0.05) is 31.3 Å². The molecule has 5 nitrogen and oxygen atoms in total. The molecule has 3 aliphatic rings. The van der Waals surface area contributed by atoms with Crippen LogP contribution in [0.3, 0.4) is 0 Å². The number of hydrogen-bond acceptors (Lipinski definition) is 4. The number of rotatable bonds is 6. The summed E-state index contributed by atoms with van der Waals surface area (Å²) in [6.07, 6.45) is 6.83. The number of allylic oxidation sites excluding steroid dienone is 3. The topological polar surface area (TPSA) is 59.6 Å². The maximum atomic E-state index is 13.1. The monoisotopic (exact) mass is 382 g/mol. The van der Waals surface area contributed by atoms with Gasteiger partial charge in [0.2, 0.25) is 0 Å². The van der Waals surface area contributed by atoms with Crippen molar-refractivity contribution >= 4 is 23.1 Å². The van der Waals surface area contributed by atoms with Gasteiger partial charge in [-0.25, -0.2) is 0 Å². The Hall–Kier alpha value is -2.44. The van der Waals surface area contributed by atoms with E-state index in [1.54, 1.807) is 7.11 Å². The van der Waals surface area contributed by atoms with Crippen molar-refractivity contribution in [3.63, 3.8) is 0 Å². The number of carbonyl (C=O) groups excluding carboxylic acids is 1. The van der Waals surface area contributed by atoms with Gasteiger partial charge < -0.3 is 20.1 Å². The van der Waals surface area contributed by atoms with E-state index >= 15 is 0 Å². The lowest BCUT2D eigenvalue weighted by molar-refractivity contribution is -0.112. The third-order valence-corrected chi connectivity index (χ3v) is 5.16. The molecule has 0 fully saturated rings. The van der Waals surface area contributed by atoms with Crippen LogP contribution >= 0.6 is 12.2 Å². The van der Waals surface area contributed by atoms with E-state index in [4.69, 9.17) is 21.7 Å². The zero-order valence-corrected chi connectivity index (χ0v) is 16.0. The number of ketones is 1. The average Bonchev–Trinajstić information content (AvgIpc) is 2.97. The first-order valence-electron chi connectivity index (χ1n) is 9.18. The van der Waals surface area contributed by atoms with Gasteiger partial charge in [-0.3, -0.25) is 4.79 Å². The van der Waals surface area contributed by atoms with E-state index in [1.165, 1.54) is 0 Å². The van der Waals surface area contributed by atoms with Crippen molar-refractivity contribution in [2.24, 2.45) is 0 Å². The summed E-state index contributed by atoms with van der Waals surface area (Å²) >= 11 is 5.41. The Morgan fingerprint density at radius 3 is 2.81 bits per heavy atom. The Morgan fingerprint density at radius 2 is 2.00 bits per heavy atom. The first kappa shape index (κ1) is 17.9. The lowest BCUT2D eigenvalue weighted by Gasteiger charge is -2.28. The largest absolute Gasteiger partial charge is 0.493 e. The highest BCUT2D eigenvalue weighted by atomic mass is 32.1. The van der Waals surface area contributed by atoms with Crippen molar-refractivity contribution in [3.8, 4) is 5.75 Å². The number of methoxy groups -OCH3 is 1. The summed E-state index contributed by atoms with van der Waals surface area (Å²) in [4.78, 5) is 13.1. The van der Waals surface area contributed by atoms with Crippen LogP contribution in [0.1, 0.15) is 30.9 Å². The molecular weight excluding hydrogens is 360 g/mol. The van der Waals surface area contributed by atoms with E-state index in [0.717, 1.165) is 53.0 Å². The van der Waals surface area contributed by atoms with Crippen LogP contribution in [-0.4, -0.2) is 31.2 Å². The van der Waals surface area contributed by atoms with Crippen LogP contribution in [0, 0.1) is 0 Å². The van der Waals surface area contributed by atoms with Gasteiger partial charge in [0.25, 0.3) is 0 Å². The first-order valence-corrected chi connectivity index (χ1v) is 9.59. The van der Waals surface area contributed by atoms with Gasteiger partial charge in [-0.05, 0) is 42.8 Å². The molecule has 0 spiro atoms. The van der Waals surface area contributed by atoms with Gasteiger partial charge in [-0.2, -0.15) is 0 Å². The molecule has 0 saturated carbocycles. The molecular formula is C21H22N2O3S. The lowest BCUT2D eigenvalue weighted by Crippen LogP contribution is -2.43. The molecule has 4 rings (SSSR count). The van der Waals surface area contributed by atoms with E-state index in [1.807, 2.05) is 30.3 Å². The molecule has 1 atom stereocenters. The van der Waals surface area contributed by atoms with Crippen molar-refractivity contribution < 1.29 is 14.3 Å². The average molecular weight is 382 g/mol. The second-order valence-corrected chi connectivity index (χ2v) is 7.14. The van der Waals surface area contributed by atoms with E-state index in [-0.39, 0.29) is 11.8 Å². The van der Waals surface area contributed by atoms with Crippen LogP contribution in [0.4, 0.5) is 0 Å². The molecule has 1 aromatic carbocycles. The van der Waals surface area contributed by atoms with Crippen molar-refractivity contribution in [1.29, 1.82) is 0 Å². The number of Topliss-reactive ketones (excluding diaryl/α,β-unsaturated/α-hetero) is 1. The van der Waals surface area contributed by atoms with Crippen molar-refractivity contribution in [2.75, 3.05) is 20.3 Å². The highest BCUT2D eigenvalue weighted by Gasteiger charge is 2.41. The minimum absolute atomic E-state index is 0.0786. The summed E-state index contributed by atoms with van der Waals surface area (Å²) in [6.45, 7) is 1.25. The standard InChI is InChI=1S/C21H22N2O3S/c1-25-10-5-11-26-14-7-4-6-13(12-14)18-17-19(23-21(27)22-18)15-8-2-3-9-16(15)20(17)24/h4,6-9,12,18H,2-3,5,10-11H2,1H3,(H2,22,23,27). The van der Waals surface area contributed by atoms with Crippen LogP contribution in [0.15, 0.2) is 58.8 Å². The lowest BCUT2D eigenvalue weighted by atomic mass is 9.94. The van der Waals surface area contributed by atoms with Gasteiger partial charge in [-0.15, -0.1) is 0 Å². The van der Waals surface area contributed by atoms with Crippen molar-refractivity contribution in [3.05, 3.63) is 64.4 Å². The minimum atomic E-state index is -0.281. The highest BCUT2D eigenvalue weighted by molar-refractivity contribution is 7.80. The van der Waals surface area contributed by atoms with E-state index in [2.05, 4.69) is 16.7 Å². The Labute approximate surface area is 164 Å². The first-order chi connectivity index (χ1) is 13.2. The molecule has 27 heavy (non-hydrogen) atoms. The minimum Gasteiger partial charge on any atom is -0.493 e. The molecule has 0 radical (unpaired) electrons. The SMILES string of the molecule is COCCCOc1cccc(C2NC(=S)NC3=C2C(=O)C2=CCCC=C23)c1. The molecule has 0 amide bonds. The zero-order valence-electron chi connectivity index (χ0n) is 15.2. The van der Waals surface area contributed by atoms with E-state index in [0.29, 0.717) is 18.3 Å².